The van der Waals surface area contributed by atoms with Crippen molar-refractivity contribution >= 4 is 11.9 Å². The molecule has 0 unspecified atom stereocenters. The van der Waals surface area contributed by atoms with Crippen LogP contribution >= 0.6 is 0 Å². The standard InChI is InChI=1S/C19H29N3O3/c23-18(17-9-6-14-25-17)22-12-10-16(11-13-22)21-19(24)20-15-7-4-2-1-3-5-8-15/h6,9,14-16H,1-5,7-8,10-13H2,(H2,20,21,24). The summed E-state index contributed by atoms with van der Waals surface area (Å²) in [5, 5.41) is 6.23. The summed E-state index contributed by atoms with van der Waals surface area (Å²) >= 11 is 0. The van der Waals surface area contributed by atoms with Gasteiger partial charge in [-0.2, -0.15) is 0 Å². The van der Waals surface area contributed by atoms with E-state index in [0.29, 0.717) is 24.9 Å². The predicted molar refractivity (Wildman–Crippen MR) is 95.4 cm³/mol. The number of furan rings is 1. The molecule has 3 amide bonds. The second kappa shape index (κ2) is 8.92. The Labute approximate surface area is 149 Å². The molecular formula is C19H29N3O3. The highest BCUT2D eigenvalue weighted by molar-refractivity contribution is 5.91. The van der Waals surface area contributed by atoms with Crippen LogP contribution in [-0.2, 0) is 0 Å². The maximum absolute atomic E-state index is 12.3. The van der Waals surface area contributed by atoms with Gasteiger partial charge in [0.1, 0.15) is 0 Å². The average Bonchev–Trinajstić information content (AvgIpc) is 3.12. The van der Waals surface area contributed by atoms with Gasteiger partial charge in [-0.25, -0.2) is 4.79 Å². The van der Waals surface area contributed by atoms with Crippen molar-refractivity contribution in [3.05, 3.63) is 24.2 Å². The Bertz CT molecular complexity index is 542. The number of amides is 3. The predicted octanol–water partition coefficient (Wildman–Crippen LogP) is 3.30. The number of nitrogens with one attached hydrogen (secondary N) is 2. The van der Waals surface area contributed by atoms with Crippen LogP contribution < -0.4 is 10.6 Å². The summed E-state index contributed by atoms with van der Waals surface area (Å²) in [6, 6.07) is 3.80. The first kappa shape index (κ1) is 17.8. The number of carbonyl (C=O) groups is 2. The van der Waals surface area contributed by atoms with Crippen LogP contribution in [0.1, 0.15) is 68.3 Å². The van der Waals surface area contributed by atoms with Crippen LogP contribution in [-0.4, -0.2) is 42.0 Å². The van der Waals surface area contributed by atoms with E-state index in [1.54, 1.807) is 17.0 Å². The van der Waals surface area contributed by atoms with Crippen molar-refractivity contribution in [2.24, 2.45) is 0 Å². The van der Waals surface area contributed by atoms with Crippen LogP contribution in [0.2, 0.25) is 0 Å². The van der Waals surface area contributed by atoms with Gasteiger partial charge < -0.3 is 20.0 Å². The Kier molecular flexibility index (Phi) is 6.36. The van der Waals surface area contributed by atoms with E-state index in [1.165, 1.54) is 38.4 Å². The summed E-state index contributed by atoms with van der Waals surface area (Å²) in [5.74, 6) is 0.316. The summed E-state index contributed by atoms with van der Waals surface area (Å²) < 4.78 is 5.17. The molecule has 3 rings (SSSR count). The van der Waals surface area contributed by atoms with Gasteiger partial charge in [-0.05, 0) is 37.8 Å². The Hall–Kier alpha value is -1.98. The van der Waals surface area contributed by atoms with E-state index in [-0.39, 0.29) is 18.0 Å². The zero-order valence-electron chi connectivity index (χ0n) is 14.8. The van der Waals surface area contributed by atoms with E-state index in [1.807, 2.05) is 0 Å². The van der Waals surface area contributed by atoms with Gasteiger partial charge in [0.25, 0.3) is 5.91 Å². The lowest BCUT2D eigenvalue weighted by Crippen LogP contribution is -2.51. The topological polar surface area (TPSA) is 74.6 Å². The van der Waals surface area contributed by atoms with Gasteiger partial charge in [0.05, 0.1) is 6.26 Å². The number of carbonyl (C=O) groups excluding carboxylic acids is 2. The van der Waals surface area contributed by atoms with Gasteiger partial charge in [0.15, 0.2) is 5.76 Å². The minimum atomic E-state index is -0.0672. The first-order valence-electron chi connectivity index (χ1n) is 9.62. The van der Waals surface area contributed by atoms with Gasteiger partial charge in [-0.3, -0.25) is 4.79 Å². The van der Waals surface area contributed by atoms with Crippen LogP contribution in [0.5, 0.6) is 0 Å². The van der Waals surface area contributed by atoms with Crippen molar-refractivity contribution in [1.82, 2.24) is 15.5 Å². The van der Waals surface area contributed by atoms with Crippen molar-refractivity contribution in [3.63, 3.8) is 0 Å². The van der Waals surface area contributed by atoms with Gasteiger partial charge in [0.2, 0.25) is 0 Å². The molecule has 0 aromatic carbocycles. The summed E-state index contributed by atoms with van der Waals surface area (Å²) in [6.45, 7) is 1.29. The lowest BCUT2D eigenvalue weighted by molar-refractivity contribution is 0.0676. The SMILES string of the molecule is O=C(NC1CCCCCCC1)NC1CCN(C(=O)c2ccco2)CC1. The van der Waals surface area contributed by atoms with E-state index in [4.69, 9.17) is 4.42 Å². The summed E-state index contributed by atoms with van der Waals surface area (Å²) in [7, 11) is 0. The number of hydrogen-bond acceptors (Lipinski definition) is 3. The van der Waals surface area contributed by atoms with Crippen LogP contribution in [0.4, 0.5) is 4.79 Å². The minimum Gasteiger partial charge on any atom is -0.459 e. The molecule has 0 atom stereocenters. The smallest absolute Gasteiger partial charge is 0.315 e. The first-order valence-corrected chi connectivity index (χ1v) is 9.62. The number of urea groups is 1. The van der Waals surface area contributed by atoms with Crippen molar-refractivity contribution in [2.45, 2.75) is 69.9 Å². The Morgan fingerprint density at radius 2 is 1.52 bits per heavy atom. The molecule has 6 nitrogen and oxygen atoms in total. The molecule has 25 heavy (non-hydrogen) atoms. The molecule has 6 heteroatoms. The minimum absolute atomic E-state index is 0.0543. The number of hydrogen-bond donors (Lipinski definition) is 2. The third-order valence-electron chi connectivity index (χ3n) is 5.29. The molecular weight excluding hydrogens is 318 g/mol. The largest absolute Gasteiger partial charge is 0.459 e. The third kappa shape index (κ3) is 5.25. The van der Waals surface area contributed by atoms with E-state index < -0.39 is 0 Å². The lowest BCUT2D eigenvalue weighted by atomic mass is 9.97. The van der Waals surface area contributed by atoms with Gasteiger partial charge >= 0.3 is 6.03 Å². The normalized spacial score (nSPS) is 20.6. The lowest BCUT2D eigenvalue weighted by Gasteiger charge is -2.32. The monoisotopic (exact) mass is 347 g/mol. The van der Waals surface area contributed by atoms with E-state index in [9.17, 15) is 9.59 Å². The molecule has 1 saturated carbocycles. The summed E-state index contributed by atoms with van der Waals surface area (Å²) in [4.78, 5) is 26.3. The van der Waals surface area contributed by atoms with Crippen molar-refractivity contribution in [2.75, 3.05) is 13.1 Å². The fourth-order valence-electron chi connectivity index (χ4n) is 3.80. The summed E-state index contributed by atoms with van der Waals surface area (Å²) in [5.41, 5.74) is 0. The number of rotatable bonds is 3. The Morgan fingerprint density at radius 1 is 0.920 bits per heavy atom. The molecule has 0 spiro atoms. The second-order valence-corrected chi connectivity index (χ2v) is 7.20. The molecule has 1 saturated heterocycles. The van der Waals surface area contributed by atoms with Gasteiger partial charge in [-0.15, -0.1) is 0 Å². The highest BCUT2D eigenvalue weighted by Gasteiger charge is 2.26. The van der Waals surface area contributed by atoms with Gasteiger partial charge in [0, 0.05) is 25.2 Å². The molecule has 138 valence electrons. The van der Waals surface area contributed by atoms with E-state index in [0.717, 1.165) is 25.7 Å². The number of piperidine rings is 1. The maximum atomic E-state index is 12.3. The van der Waals surface area contributed by atoms with Crippen LogP contribution in [0.3, 0.4) is 0 Å². The second-order valence-electron chi connectivity index (χ2n) is 7.20. The highest BCUT2D eigenvalue weighted by atomic mass is 16.3. The Morgan fingerprint density at radius 3 is 2.12 bits per heavy atom. The van der Waals surface area contributed by atoms with Gasteiger partial charge in [-0.1, -0.05) is 32.1 Å². The van der Waals surface area contributed by atoms with E-state index >= 15 is 0 Å². The summed E-state index contributed by atoms with van der Waals surface area (Å²) in [6.07, 6.45) is 11.6. The number of likely N-dealkylation sites (tertiary alicyclic amines) is 1. The molecule has 2 fully saturated rings. The van der Waals surface area contributed by atoms with Crippen molar-refractivity contribution in [3.8, 4) is 0 Å². The van der Waals surface area contributed by atoms with Crippen LogP contribution in [0.25, 0.3) is 0 Å². The number of nitrogens with zero attached hydrogens (tertiary/aromatic N) is 1. The fraction of sp³-hybridized carbons (Fsp3) is 0.684. The molecule has 1 aliphatic carbocycles. The molecule has 2 aliphatic rings. The maximum Gasteiger partial charge on any atom is 0.315 e. The average molecular weight is 347 g/mol. The van der Waals surface area contributed by atoms with Crippen molar-refractivity contribution < 1.29 is 14.0 Å². The molecule has 1 aromatic rings. The quantitative estimate of drug-likeness (QED) is 0.881. The molecule has 2 heterocycles. The molecule has 1 aliphatic heterocycles. The molecule has 0 bridgehead atoms. The molecule has 0 radical (unpaired) electrons. The molecule has 1 aromatic heterocycles. The first-order chi connectivity index (χ1) is 12.2. The van der Waals surface area contributed by atoms with Crippen LogP contribution in [0, 0.1) is 0 Å². The fourth-order valence-corrected chi connectivity index (χ4v) is 3.80. The zero-order chi connectivity index (χ0) is 17.5. The van der Waals surface area contributed by atoms with Crippen LogP contribution in [0.15, 0.2) is 22.8 Å². The Balaban J connectivity index is 1.39. The highest BCUT2D eigenvalue weighted by Crippen LogP contribution is 2.17. The molecule has 2 N–H and O–H groups in total. The zero-order valence-corrected chi connectivity index (χ0v) is 14.8. The van der Waals surface area contributed by atoms with Crippen molar-refractivity contribution in [1.29, 1.82) is 0 Å². The van der Waals surface area contributed by atoms with E-state index in [2.05, 4.69) is 10.6 Å². The third-order valence-corrected chi connectivity index (χ3v) is 5.29.